The van der Waals surface area contributed by atoms with Crippen LogP contribution in [0.5, 0.6) is 17.2 Å². The first kappa shape index (κ1) is 122. The van der Waals surface area contributed by atoms with Crippen molar-refractivity contribution in [3.63, 3.8) is 0 Å². The first-order valence-corrected chi connectivity index (χ1v) is 50.0. The number of nitrogens with one attached hydrogen (secondary N) is 8. The van der Waals surface area contributed by atoms with E-state index in [0.29, 0.717) is 140 Å². The first-order chi connectivity index (χ1) is 68.3. The molecule has 35 nitrogen and oxygen atoms in total. The van der Waals surface area contributed by atoms with E-state index >= 15 is 0 Å². The topological polar surface area (TPSA) is 559 Å². The van der Waals surface area contributed by atoms with Gasteiger partial charge < -0.3 is 67.2 Å². The molecule has 0 aliphatic heterocycles. The third-order valence-corrected chi connectivity index (χ3v) is 23.9. The van der Waals surface area contributed by atoms with Crippen molar-refractivity contribution < 1.29 is 115 Å². The second kappa shape index (κ2) is 66.8. The number of carboxylic acids is 2. The van der Waals surface area contributed by atoms with E-state index in [9.17, 15) is 72.0 Å². The Bertz CT molecular complexity index is 6430. The molecule has 0 saturated heterocycles. The van der Waals surface area contributed by atoms with Crippen LogP contribution in [-0.4, -0.2) is 155 Å². The number of ether oxygens (including phenoxy) is 4. The second-order valence-corrected chi connectivity index (χ2v) is 35.9. The Labute approximate surface area is 839 Å². The molecule has 16 N–H and O–H groups in total. The Morgan fingerprint density at radius 2 is 0.545 bits per heavy atom. The van der Waals surface area contributed by atoms with Crippen molar-refractivity contribution in [1.29, 1.82) is 1.45 Å². The zero-order valence-electron chi connectivity index (χ0n) is 79.3. The van der Waals surface area contributed by atoms with Gasteiger partial charge >= 0.3 is 59.3 Å². The number of carbonyl (C=O) groups is 8. The summed E-state index contributed by atoms with van der Waals surface area (Å²) in [6, 6.07) is 75.2. The summed E-state index contributed by atoms with van der Waals surface area (Å²) >= 11 is 0. The number of benzene rings is 11. The van der Waals surface area contributed by atoms with Crippen LogP contribution in [0.15, 0.2) is 335 Å². The van der Waals surface area contributed by atoms with E-state index in [1.54, 1.807) is 246 Å². The number of methoxy groups -OCH3 is 4. The number of primary sulfonamides is 1. The number of nitrogen functional groups attached to an aromatic ring is 2. The number of sulfonamides is 4. The molecule has 0 bridgehead atoms. The Balaban J connectivity index is 0.000000596. The normalized spacial score (nSPS) is 10.6. The molecule has 5 amide bonds. The molecule has 11 aromatic carbocycles. The smallest absolute Gasteiger partial charge is 0.269 e. The number of esters is 1. The maximum absolute atomic E-state index is 12.8. The van der Waals surface area contributed by atoms with Gasteiger partial charge in [-0.05, 0) is 187 Å². The Hall–Kier alpha value is -14.7. The van der Waals surface area contributed by atoms with Gasteiger partial charge in [-0.25, -0.2) is 67.4 Å². The van der Waals surface area contributed by atoms with Gasteiger partial charge in [-0.1, -0.05) is 169 Å². The third-order valence-electron chi connectivity index (χ3n) is 18.3. The van der Waals surface area contributed by atoms with Crippen LogP contribution in [0.3, 0.4) is 0 Å². The average molecular weight is 2080 g/mol. The number of anilines is 7. The molecular weight excluding hydrogens is 1960 g/mol. The maximum atomic E-state index is 12.8. The van der Waals surface area contributed by atoms with E-state index < -0.39 is 87.5 Å². The van der Waals surface area contributed by atoms with Gasteiger partial charge in [0.1, 0.15) is 17.2 Å². The number of carbonyl (C=O) groups excluding carboxylic acids is 6. The number of aliphatic carboxylic acids is 2. The van der Waals surface area contributed by atoms with Crippen LogP contribution in [-0.2, 0) is 92.6 Å². The summed E-state index contributed by atoms with van der Waals surface area (Å²) < 4.78 is 156. The zero-order valence-corrected chi connectivity index (χ0v) is 83.9. The van der Waals surface area contributed by atoms with Crippen molar-refractivity contribution in [2.45, 2.75) is 86.3 Å². The maximum Gasteiger partial charge on any atom is 0.269 e. The molecular formula is C99H116B2FN11O24P2S4. The average Bonchev–Trinajstić information content (AvgIpc) is 0.811. The molecule has 0 aliphatic rings. The van der Waals surface area contributed by atoms with Gasteiger partial charge in [-0.15, -0.1) is 0 Å². The van der Waals surface area contributed by atoms with Crippen LogP contribution >= 0.6 is 18.2 Å². The molecule has 758 valence electrons. The summed E-state index contributed by atoms with van der Waals surface area (Å²) in [4.78, 5) is 90.4. The molecule has 0 heterocycles. The predicted octanol–water partition coefficient (Wildman–Crippen LogP) is 15.3. The molecule has 0 radical (unpaired) electrons. The quantitative estimate of drug-likeness (QED) is 0.00433. The predicted molar refractivity (Wildman–Crippen MR) is 566 cm³/mol. The molecule has 11 rings (SSSR count). The Morgan fingerprint density at radius 1 is 0.343 bits per heavy atom. The van der Waals surface area contributed by atoms with Crippen molar-refractivity contribution in [1.82, 2.24) is 14.2 Å². The van der Waals surface area contributed by atoms with Gasteiger partial charge in [-0.2, -0.15) is 0 Å². The summed E-state index contributed by atoms with van der Waals surface area (Å²) in [5, 5.41) is 34.7. The number of rotatable bonds is 36. The fraction of sp³-hybridized carbons (Fsp3) is 0.172. The second-order valence-electron chi connectivity index (χ2n) is 28.6. The Kier molecular flexibility index (Phi) is 57.2. The van der Waals surface area contributed by atoms with E-state index in [-0.39, 0.29) is 17.2 Å². The molecule has 2 unspecified atom stereocenters. The van der Waals surface area contributed by atoms with Gasteiger partial charge in [0, 0.05) is 130 Å². The van der Waals surface area contributed by atoms with Gasteiger partial charge in [-0.3, -0.25) is 28.7 Å². The minimum atomic E-state index is -3.88. The van der Waals surface area contributed by atoms with Gasteiger partial charge in [0.2, 0.25) is 69.6 Å². The summed E-state index contributed by atoms with van der Waals surface area (Å²) in [6.07, 6.45) is 13.0. The summed E-state index contributed by atoms with van der Waals surface area (Å²) in [6.45, 7) is 8.66. The van der Waals surface area contributed by atoms with Crippen molar-refractivity contribution in [2.24, 2.45) is 5.14 Å². The SMILES string of the molecule is C.CCCCNS(=O)(=O)c1ccccc1-c1ccc(N)cc1.CCCCNS(=O)(=O)c1ccccc1-c1ccc(N)cc1.CCCCNS(=O)(=O)c1ccccc1-c1ccc(NC(=O)/C=C\C(=O)Nc2ccc(OC)cc2)cc1.COC(=O)/C=C\C(=O)O.COc1ccc(NC(=O)/C=C\C(=O)Nc2ccc(-c3ccccc3S(N)(=O)=O)cc2)cc1.COc1ccc(NC(=O)/C=C\C(=O)O)cc1.O=BP.O=BP.[3H]F. The third kappa shape index (κ3) is 47.4. The number of nitrogens with two attached hydrogens (primary N) is 3. The molecule has 2 atom stereocenters. The molecule has 44 heteroatoms. The number of unbranched alkanes of at least 4 members (excludes halogenated alkanes) is 3. The van der Waals surface area contributed by atoms with Gasteiger partial charge in [0.25, 0.3) is 1.45 Å². The van der Waals surface area contributed by atoms with E-state index in [1.807, 2.05) is 75.4 Å². The van der Waals surface area contributed by atoms with Crippen LogP contribution < -0.4 is 71.6 Å². The fourth-order valence-electron chi connectivity index (χ4n) is 11.5. The Morgan fingerprint density at radius 3 is 0.762 bits per heavy atom. The van der Waals surface area contributed by atoms with Gasteiger partial charge in [0.05, 0.1) is 48.0 Å². The number of hydrogen-bond donors (Lipinski definition) is 13. The van der Waals surface area contributed by atoms with E-state index in [1.165, 1.54) is 13.2 Å². The molecule has 0 fully saturated rings. The summed E-state index contributed by atoms with van der Waals surface area (Å²) in [5.41, 5.74) is 20.7. The number of amides is 5. The van der Waals surface area contributed by atoms with Crippen LogP contribution in [0.25, 0.3) is 44.5 Å². The van der Waals surface area contributed by atoms with Crippen LogP contribution in [0.1, 0.15) is 66.7 Å². The van der Waals surface area contributed by atoms with Crippen molar-refractivity contribution in [3.05, 3.63) is 316 Å². The van der Waals surface area contributed by atoms with Crippen molar-refractivity contribution >= 4 is 159 Å². The molecule has 11 aromatic rings. The molecule has 0 spiro atoms. The molecule has 143 heavy (non-hydrogen) atoms. The minimum Gasteiger partial charge on any atom is -0.269 e. The van der Waals surface area contributed by atoms with E-state index in [4.69, 9.17) is 55.2 Å². The monoisotopic (exact) mass is 2080 g/mol. The van der Waals surface area contributed by atoms with Crippen LogP contribution in [0.4, 0.5) is 44.5 Å². The largest absolute Gasteiger partial charge is 0.269 e. The molecule has 0 aromatic heterocycles. The van der Waals surface area contributed by atoms with E-state index in [0.717, 1.165) is 92.2 Å². The fourth-order valence-corrected chi connectivity index (χ4v) is 16.2. The van der Waals surface area contributed by atoms with E-state index in [2.05, 4.69) is 46.9 Å². The molecule has 0 saturated carbocycles. The standard InChI is InChI=1S/C27H29N3O5S.C23H21N3O5S.2C16H20N2O2S.C11H11NO4.C5H6O4.CH4.2BH2OP.FH/c1-3-4-19-28-36(33,34)25-8-6-5-7-24(25)20-9-11-21(12-10-20)29-26(31)17-18-27(32)30-22-13-15-23(35-2)16-14-22;1-31-19-12-10-18(11-13-19)26-23(28)15-14-22(27)25-17-8-6-16(7-9-17)20-4-2-3-5-21(20)32(24,29)30;2*1-2-3-12-18-21(19,20)16-7-5-4-6-15(16)13-8-10-14(17)11-9-13;1-16-9-4-2-8(3-5-9)12-10(13)6-7-11(14)15;1-9-5(8)3-2-4(6)7;;2*2-1-3;/h5-18,28H,3-4,19H2,1-2H3,(H,29,31)(H,30,32);2-15H,1H3,(H,25,27)(H,26,28)(H2,24,29,30);2*4-11,18H,2-3,12,17H2,1H3;2-7H,1H3,(H,12,13)(H,14,15);2-3H,1H3,(H,6,7);1H4;2*3H2;1H/b18-17-;15-14-;;;7-6-;3-2-;;;;/i/hT. The summed E-state index contributed by atoms with van der Waals surface area (Å²) in [5.74, 6) is -3.35. The first-order valence-electron chi connectivity index (χ1n) is 43.0. The number of halogens is 1. The minimum absolute atomic E-state index is 0. The van der Waals surface area contributed by atoms with Crippen molar-refractivity contribution in [3.8, 4) is 61.8 Å². The molecule has 0 aliphatic carbocycles. The zero-order chi connectivity index (χ0) is 106. The van der Waals surface area contributed by atoms with Crippen LogP contribution in [0.2, 0.25) is 0 Å². The van der Waals surface area contributed by atoms with Gasteiger partial charge in [0.15, 0.2) is 0 Å². The number of carboxylic acid groups (broad SMARTS) is 2. The summed E-state index contributed by atoms with van der Waals surface area (Å²) in [7, 11) is -4.92. The van der Waals surface area contributed by atoms with Crippen LogP contribution in [0, 0.1) is 0 Å². The van der Waals surface area contributed by atoms with Crippen molar-refractivity contribution in [2.75, 3.05) is 86.1 Å². The number of hydrogen-bond acceptors (Lipinski definition) is 24.